The van der Waals surface area contributed by atoms with Gasteiger partial charge < -0.3 is 14.4 Å². The average Bonchev–Trinajstić information content (AvgIpc) is 3.21. The van der Waals surface area contributed by atoms with Crippen molar-refractivity contribution >= 4 is 25.4 Å². The highest BCUT2D eigenvalue weighted by Crippen LogP contribution is 2.41. The Bertz CT molecular complexity index is 927. The second-order valence-corrected chi connectivity index (χ2v) is 20.3. The van der Waals surface area contributed by atoms with Crippen molar-refractivity contribution in [2.24, 2.45) is 11.8 Å². The van der Waals surface area contributed by atoms with Crippen LogP contribution in [0.1, 0.15) is 233 Å². The molecule has 0 aromatic heterocycles. The van der Waals surface area contributed by atoms with E-state index < -0.39 is 7.92 Å². The zero-order valence-corrected chi connectivity index (χ0v) is 41.0. The van der Waals surface area contributed by atoms with Crippen LogP contribution in [0.25, 0.3) is 0 Å². The van der Waals surface area contributed by atoms with E-state index in [0.717, 1.165) is 114 Å². The number of allylic oxidation sites excluding steroid dienone is 2. The lowest BCUT2D eigenvalue weighted by atomic mass is 9.92. The van der Waals surface area contributed by atoms with Gasteiger partial charge in [-0.1, -0.05) is 193 Å². The molecule has 0 radical (unpaired) electrons. The summed E-state index contributed by atoms with van der Waals surface area (Å²) in [4.78, 5) is 40.0. The molecule has 0 spiro atoms. The Morgan fingerprint density at radius 1 is 0.458 bits per heavy atom. The van der Waals surface area contributed by atoms with E-state index in [2.05, 4.69) is 58.8 Å². The van der Waals surface area contributed by atoms with Crippen molar-refractivity contribution in [3.05, 3.63) is 24.3 Å². The number of hydrogen-bond donors (Lipinski definition) is 0. The van der Waals surface area contributed by atoms with Crippen molar-refractivity contribution in [3.63, 3.8) is 0 Å². The molecule has 0 rings (SSSR count). The number of carbonyl (C=O) groups is 3. The Labute approximate surface area is 368 Å². The van der Waals surface area contributed by atoms with Gasteiger partial charge in [0, 0.05) is 19.3 Å². The maximum atomic E-state index is 13.2. The largest absolute Gasteiger partial charge is 0.461 e. The van der Waals surface area contributed by atoms with E-state index >= 15 is 0 Å². The van der Waals surface area contributed by atoms with Crippen LogP contribution in [0.4, 0.5) is 0 Å². The minimum absolute atomic E-state index is 0.0821. The summed E-state index contributed by atoms with van der Waals surface area (Å²) in [7, 11) is 3.56. The second kappa shape index (κ2) is 44.5. The highest BCUT2D eigenvalue weighted by Gasteiger charge is 2.17. The molecule has 0 aromatic rings. The monoisotopic (exact) mass is 848 g/mol. The lowest BCUT2D eigenvalue weighted by molar-refractivity contribution is -0.143. The molecule has 0 aromatic carbocycles. The molecule has 7 heteroatoms. The first kappa shape index (κ1) is 57.5. The first-order valence-electron chi connectivity index (χ1n) is 25.3. The van der Waals surface area contributed by atoms with Crippen LogP contribution in [0.3, 0.4) is 0 Å². The van der Waals surface area contributed by atoms with Gasteiger partial charge in [-0.15, -0.1) is 0 Å². The molecule has 0 atom stereocenters. The number of hydrogen-bond acceptors (Lipinski definition) is 6. The summed E-state index contributed by atoms with van der Waals surface area (Å²) in [5, 5.41) is 0. The van der Waals surface area contributed by atoms with E-state index in [1.807, 2.05) is 12.2 Å². The van der Waals surface area contributed by atoms with Crippen LogP contribution < -0.4 is 0 Å². The summed E-state index contributed by atoms with van der Waals surface area (Å²) in [6.45, 7) is 10.8. The van der Waals surface area contributed by atoms with Crippen LogP contribution in [0, 0.1) is 11.8 Å². The first-order chi connectivity index (χ1) is 28.8. The number of esters is 2. The van der Waals surface area contributed by atoms with Gasteiger partial charge in [-0.05, 0) is 97.7 Å². The molecule has 0 heterocycles. The lowest BCUT2D eigenvalue weighted by Crippen LogP contribution is -2.14. The van der Waals surface area contributed by atoms with Crippen LogP contribution >= 0.6 is 7.92 Å². The molecular weight excluding hydrogens is 750 g/mol. The fourth-order valence-corrected chi connectivity index (χ4v) is 10.3. The van der Waals surface area contributed by atoms with Crippen molar-refractivity contribution in [2.75, 3.05) is 46.2 Å². The van der Waals surface area contributed by atoms with Gasteiger partial charge in [0.1, 0.15) is 13.2 Å². The molecule has 346 valence electrons. The predicted molar refractivity (Wildman–Crippen MR) is 258 cm³/mol. The van der Waals surface area contributed by atoms with Gasteiger partial charge in [-0.3, -0.25) is 14.4 Å². The molecule has 0 amide bonds. The van der Waals surface area contributed by atoms with Crippen LogP contribution in [-0.4, -0.2) is 68.5 Å². The summed E-state index contributed by atoms with van der Waals surface area (Å²) in [6, 6.07) is 0. The van der Waals surface area contributed by atoms with Crippen molar-refractivity contribution < 1.29 is 23.9 Å². The zero-order chi connectivity index (χ0) is 43.4. The van der Waals surface area contributed by atoms with Crippen molar-refractivity contribution in [2.45, 2.75) is 233 Å². The average molecular weight is 848 g/mol. The summed E-state index contributed by atoms with van der Waals surface area (Å²) in [6.07, 6.45) is 47.0. The Kier molecular flexibility index (Phi) is 43.4. The number of nitrogens with zero attached hydrogens (tertiary/aromatic N) is 1. The third kappa shape index (κ3) is 40.3. The van der Waals surface area contributed by atoms with E-state index in [1.54, 1.807) is 0 Å². The molecular formula is C52H98NO5P. The minimum atomic E-state index is -0.587. The van der Waals surface area contributed by atoms with E-state index in [9.17, 15) is 14.4 Å². The van der Waals surface area contributed by atoms with Gasteiger partial charge in [-0.2, -0.15) is 0 Å². The maximum Gasteiger partial charge on any atom is 0.306 e. The molecule has 6 nitrogen and oxygen atoms in total. The molecule has 0 saturated heterocycles. The third-order valence-electron chi connectivity index (χ3n) is 11.8. The summed E-state index contributed by atoms with van der Waals surface area (Å²) < 4.78 is 11.0. The summed E-state index contributed by atoms with van der Waals surface area (Å²) >= 11 is 0. The van der Waals surface area contributed by atoms with Crippen LogP contribution in [0.2, 0.25) is 0 Å². The zero-order valence-electron chi connectivity index (χ0n) is 40.1. The lowest BCUT2D eigenvalue weighted by Gasteiger charge is -2.17. The van der Waals surface area contributed by atoms with Crippen molar-refractivity contribution in [3.8, 4) is 0 Å². The number of carbonyl (C=O) groups excluding carboxylic acids is 3. The molecule has 0 aliphatic rings. The highest BCUT2D eigenvalue weighted by atomic mass is 31.1. The fourth-order valence-electron chi connectivity index (χ4n) is 7.90. The van der Waals surface area contributed by atoms with E-state index in [0.29, 0.717) is 38.0 Å². The SMILES string of the molecule is CCCCCC(C/C=C\COC(=O)CCCCCCCP(CCCCCCCC(=O)OC/C=C\CC(CCCCC)CCCCC)C(=O)CCCN(C)C)CCCCC. The Morgan fingerprint density at radius 3 is 1.20 bits per heavy atom. The van der Waals surface area contributed by atoms with Crippen LogP contribution in [0.15, 0.2) is 24.3 Å². The Hall–Kier alpha value is -1.52. The molecule has 59 heavy (non-hydrogen) atoms. The summed E-state index contributed by atoms with van der Waals surface area (Å²) in [5.74, 6) is 1.36. The summed E-state index contributed by atoms with van der Waals surface area (Å²) in [5.41, 5.74) is 0.502. The van der Waals surface area contributed by atoms with Gasteiger partial charge in [0.25, 0.3) is 0 Å². The Morgan fingerprint density at radius 2 is 0.831 bits per heavy atom. The number of ether oxygens (including phenoxy) is 2. The molecule has 0 aliphatic carbocycles. The van der Waals surface area contributed by atoms with Gasteiger partial charge in [0.15, 0.2) is 5.52 Å². The topological polar surface area (TPSA) is 72.9 Å². The second-order valence-electron chi connectivity index (χ2n) is 17.8. The molecule has 0 aliphatic heterocycles. The van der Waals surface area contributed by atoms with Crippen molar-refractivity contribution in [1.82, 2.24) is 4.90 Å². The van der Waals surface area contributed by atoms with Gasteiger partial charge in [0.05, 0.1) is 0 Å². The van der Waals surface area contributed by atoms with Crippen LogP contribution in [0.5, 0.6) is 0 Å². The molecule has 0 saturated carbocycles. The standard InChI is InChI=1S/C52H98NO5P/c1-7-11-21-34-48(35-22-12-8-2)38-27-29-44-57-50(54)40-25-17-15-19-31-46-59(52(56)42-33-43-53(5)6)47-32-20-16-18-26-41-51(55)58-45-30-28-39-49(36-23-13-9-3)37-24-14-10-4/h27-30,48-49H,7-26,31-47H2,1-6H3/b29-27-,30-28-. The van der Waals surface area contributed by atoms with Gasteiger partial charge in [0.2, 0.25) is 0 Å². The highest BCUT2D eigenvalue weighted by molar-refractivity contribution is 7.74. The number of unbranched alkanes of at least 4 members (excludes halogenated alkanes) is 16. The normalized spacial score (nSPS) is 12.0. The minimum Gasteiger partial charge on any atom is -0.461 e. The third-order valence-corrected chi connectivity index (χ3v) is 14.4. The van der Waals surface area contributed by atoms with E-state index in [-0.39, 0.29) is 11.9 Å². The Balaban J connectivity index is 4.30. The first-order valence-corrected chi connectivity index (χ1v) is 27.0. The predicted octanol–water partition coefficient (Wildman–Crippen LogP) is 15.6. The smallest absolute Gasteiger partial charge is 0.306 e. The van der Waals surface area contributed by atoms with Gasteiger partial charge in [-0.25, -0.2) is 0 Å². The quantitative estimate of drug-likeness (QED) is 0.0263. The maximum absolute atomic E-state index is 13.2. The van der Waals surface area contributed by atoms with E-state index in [4.69, 9.17) is 9.47 Å². The van der Waals surface area contributed by atoms with Gasteiger partial charge >= 0.3 is 11.9 Å². The molecule has 0 fully saturated rings. The number of rotatable bonds is 45. The fraction of sp³-hybridized carbons (Fsp3) is 0.865. The molecule has 0 N–H and O–H groups in total. The van der Waals surface area contributed by atoms with Crippen LogP contribution in [-0.2, 0) is 23.9 Å². The van der Waals surface area contributed by atoms with Crippen molar-refractivity contribution in [1.29, 1.82) is 0 Å². The van der Waals surface area contributed by atoms with E-state index in [1.165, 1.54) is 103 Å². The molecule has 0 bridgehead atoms. The molecule has 0 unspecified atom stereocenters.